The van der Waals surface area contributed by atoms with Crippen LogP contribution in [0.5, 0.6) is 0 Å². The highest BCUT2D eigenvalue weighted by atomic mass is 32.1. The van der Waals surface area contributed by atoms with Gasteiger partial charge in [0.1, 0.15) is 0 Å². The first kappa shape index (κ1) is 16.5. The van der Waals surface area contributed by atoms with Crippen LogP contribution in [0.1, 0.15) is 27.6 Å². The van der Waals surface area contributed by atoms with Crippen LogP contribution in [0.4, 0.5) is 4.79 Å². The molecule has 24 heavy (non-hydrogen) atoms. The fourth-order valence-electron chi connectivity index (χ4n) is 3.33. The number of carbonyl (C=O) groups is 2. The number of nitrogens with zero attached hydrogens (tertiary/aromatic N) is 2. The topological polar surface area (TPSA) is 60.9 Å². The van der Waals surface area contributed by atoms with Crippen molar-refractivity contribution < 1.29 is 14.7 Å². The van der Waals surface area contributed by atoms with E-state index in [2.05, 4.69) is 0 Å². The minimum Gasteiger partial charge on any atom is -0.465 e. The van der Waals surface area contributed by atoms with Crippen molar-refractivity contribution in [3.63, 3.8) is 0 Å². The number of piperidine rings is 1. The Morgan fingerprint density at radius 1 is 1.21 bits per heavy atom. The Morgan fingerprint density at radius 2 is 1.96 bits per heavy atom. The lowest BCUT2D eigenvalue weighted by Gasteiger charge is -2.41. The molecule has 1 N–H and O–H groups in total. The Morgan fingerprint density at radius 3 is 2.58 bits per heavy atom. The molecule has 1 saturated heterocycles. The third kappa shape index (κ3) is 3.28. The average Bonchev–Trinajstić information content (AvgIpc) is 3.15. The molecule has 1 aliphatic heterocycles. The third-order valence-electron chi connectivity index (χ3n) is 4.62. The molecule has 0 spiro atoms. The van der Waals surface area contributed by atoms with Gasteiger partial charge in [0.05, 0.1) is 4.88 Å². The minimum atomic E-state index is -0.901. The highest BCUT2D eigenvalue weighted by Gasteiger charge is 2.36. The first-order chi connectivity index (χ1) is 11.6. The number of rotatable bonds is 3. The van der Waals surface area contributed by atoms with Crippen LogP contribution >= 0.6 is 11.3 Å². The lowest BCUT2D eigenvalue weighted by atomic mass is 9.85. The van der Waals surface area contributed by atoms with Crippen molar-refractivity contribution in [2.45, 2.75) is 18.4 Å². The van der Waals surface area contributed by atoms with E-state index < -0.39 is 6.09 Å². The Hall–Kier alpha value is -2.34. The van der Waals surface area contributed by atoms with Crippen molar-refractivity contribution in [1.29, 1.82) is 0 Å². The molecule has 0 aliphatic carbocycles. The van der Waals surface area contributed by atoms with Gasteiger partial charge in [-0.3, -0.25) is 4.79 Å². The van der Waals surface area contributed by atoms with E-state index in [1.54, 1.807) is 4.90 Å². The molecule has 2 heterocycles. The van der Waals surface area contributed by atoms with Crippen molar-refractivity contribution in [1.82, 2.24) is 9.80 Å². The van der Waals surface area contributed by atoms with Gasteiger partial charge in [-0.15, -0.1) is 11.3 Å². The SMILES string of the molecule is CN(C(=O)c1cccs1)[C@@H]1CCN(C(=O)O)C[C@H]1c1ccccc1. The van der Waals surface area contributed by atoms with Crippen LogP contribution < -0.4 is 0 Å². The second kappa shape index (κ2) is 7.05. The van der Waals surface area contributed by atoms with E-state index >= 15 is 0 Å². The minimum absolute atomic E-state index is 0.000272. The van der Waals surface area contributed by atoms with Gasteiger partial charge in [-0.2, -0.15) is 0 Å². The maximum absolute atomic E-state index is 12.7. The summed E-state index contributed by atoms with van der Waals surface area (Å²) in [6.07, 6.45) is -0.263. The number of hydrogen-bond acceptors (Lipinski definition) is 3. The molecule has 2 atom stereocenters. The summed E-state index contributed by atoms with van der Waals surface area (Å²) in [5, 5.41) is 11.2. The van der Waals surface area contributed by atoms with Crippen molar-refractivity contribution in [3.05, 3.63) is 58.3 Å². The van der Waals surface area contributed by atoms with E-state index in [1.807, 2.05) is 54.9 Å². The van der Waals surface area contributed by atoms with E-state index in [1.165, 1.54) is 16.2 Å². The third-order valence-corrected chi connectivity index (χ3v) is 5.48. The second-order valence-corrected chi connectivity index (χ2v) is 6.94. The molecule has 5 nitrogen and oxygen atoms in total. The van der Waals surface area contributed by atoms with Gasteiger partial charge in [0.25, 0.3) is 5.91 Å². The Balaban J connectivity index is 1.87. The molecular formula is C18H20N2O3S. The molecular weight excluding hydrogens is 324 g/mol. The summed E-state index contributed by atoms with van der Waals surface area (Å²) in [6, 6.07) is 13.5. The smallest absolute Gasteiger partial charge is 0.407 e. The van der Waals surface area contributed by atoms with Gasteiger partial charge in [-0.05, 0) is 23.4 Å². The van der Waals surface area contributed by atoms with Crippen LogP contribution in [0, 0.1) is 0 Å². The number of likely N-dealkylation sites (N-methyl/N-ethyl adjacent to an activating group) is 1. The highest BCUT2D eigenvalue weighted by Crippen LogP contribution is 2.31. The summed E-state index contributed by atoms with van der Waals surface area (Å²) in [7, 11) is 1.82. The molecule has 0 radical (unpaired) electrons. The number of amides is 2. The van der Waals surface area contributed by atoms with Gasteiger partial charge in [0.15, 0.2) is 0 Å². The first-order valence-corrected chi connectivity index (χ1v) is 8.79. The molecule has 6 heteroatoms. The summed E-state index contributed by atoms with van der Waals surface area (Å²) in [5.74, 6) is -0.0235. The maximum atomic E-state index is 12.7. The summed E-state index contributed by atoms with van der Waals surface area (Å²) >= 11 is 1.43. The summed E-state index contributed by atoms with van der Waals surface area (Å²) in [5.41, 5.74) is 1.07. The molecule has 2 amide bonds. The molecule has 126 valence electrons. The van der Waals surface area contributed by atoms with Crippen molar-refractivity contribution in [3.8, 4) is 0 Å². The van der Waals surface area contributed by atoms with Gasteiger partial charge < -0.3 is 14.9 Å². The molecule has 1 aromatic heterocycles. The standard InChI is InChI=1S/C18H20N2O3S/c1-19(17(21)16-8-5-11-24-16)15-9-10-20(18(22)23)12-14(15)13-6-3-2-4-7-13/h2-8,11,14-15H,9-10,12H2,1H3,(H,22,23)/t14-,15+/m0/s1. The van der Waals surface area contributed by atoms with E-state index in [4.69, 9.17) is 0 Å². The Bertz CT molecular complexity index is 702. The average molecular weight is 344 g/mol. The molecule has 0 unspecified atom stereocenters. The number of carboxylic acid groups (broad SMARTS) is 1. The summed E-state index contributed by atoms with van der Waals surface area (Å²) in [4.78, 5) is 28.0. The predicted molar refractivity (Wildman–Crippen MR) is 93.6 cm³/mol. The molecule has 1 aromatic carbocycles. The van der Waals surface area contributed by atoms with Crippen molar-refractivity contribution in [2.24, 2.45) is 0 Å². The van der Waals surface area contributed by atoms with Crippen LogP contribution in [-0.4, -0.2) is 53.1 Å². The first-order valence-electron chi connectivity index (χ1n) is 7.91. The highest BCUT2D eigenvalue weighted by molar-refractivity contribution is 7.12. The molecule has 0 bridgehead atoms. The molecule has 3 rings (SSSR count). The maximum Gasteiger partial charge on any atom is 0.407 e. The van der Waals surface area contributed by atoms with Gasteiger partial charge in [-0.1, -0.05) is 36.4 Å². The zero-order chi connectivity index (χ0) is 17.1. The van der Waals surface area contributed by atoms with Crippen molar-refractivity contribution >= 4 is 23.3 Å². The molecule has 2 aromatic rings. The van der Waals surface area contributed by atoms with Crippen LogP contribution in [-0.2, 0) is 0 Å². The number of hydrogen-bond donors (Lipinski definition) is 1. The monoisotopic (exact) mass is 344 g/mol. The zero-order valence-corrected chi connectivity index (χ0v) is 14.3. The van der Waals surface area contributed by atoms with Crippen LogP contribution in [0.2, 0.25) is 0 Å². The normalized spacial score (nSPS) is 20.6. The van der Waals surface area contributed by atoms with Crippen LogP contribution in [0.15, 0.2) is 47.8 Å². The number of thiophene rings is 1. The van der Waals surface area contributed by atoms with Gasteiger partial charge in [-0.25, -0.2) is 4.79 Å². The lowest BCUT2D eigenvalue weighted by Crippen LogP contribution is -2.51. The lowest BCUT2D eigenvalue weighted by molar-refractivity contribution is 0.0595. The number of benzene rings is 1. The quantitative estimate of drug-likeness (QED) is 0.929. The van der Waals surface area contributed by atoms with E-state index in [9.17, 15) is 14.7 Å². The molecule has 1 fully saturated rings. The Labute approximate surface area is 145 Å². The second-order valence-electron chi connectivity index (χ2n) is 6.00. The number of likely N-dealkylation sites (tertiary alicyclic amines) is 1. The predicted octanol–water partition coefficient (Wildman–Crippen LogP) is 3.36. The Kier molecular flexibility index (Phi) is 4.85. The fourth-order valence-corrected chi connectivity index (χ4v) is 4.04. The summed E-state index contributed by atoms with van der Waals surface area (Å²) < 4.78 is 0. The van der Waals surface area contributed by atoms with E-state index in [0.717, 1.165) is 5.56 Å². The largest absolute Gasteiger partial charge is 0.465 e. The van der Waals surface area contributed by atoms with Crippen molar-refractivity contribution in [2.75, 3.05) is 20.1 Å². The van der Waals surface area contributed by atoms with Crippen LogP contribution in [0.25, 0.3) is 0 Å². The van der Waals surface area contributed by atoms with E-state index in [-0.39, 0.29) is 17.9 Å². The van der Waals surface area contributed by atoms with Gasteiger partial charge in [0, 0.05) is 32.1 Å². The molecule has 1 aliphatic rings. The van der Waals surface area contributed by atoms with Crippen LogP contribution in [0.3, 0.4) is 0 Å². The van der Waals surface area contributed by atoms with Gasteiger partial charge in [0.2, 0.25) is 0 Å². The zero-order valence-electron chi connectivity index (χ0n) is 13.5. The fraction of sp³-hybridized carbons (Fsp3) is 0.333. The number of carbonyl (C=O) groups excluding carboxylic acids is 1. The molecule has 0 saturated carbocycles. The van der Waals surface area contributed by atoms with E-state index in [0.29, 0.717) is 24.4 Å². The summed E-state index contributed by atoms with van der Waals surface area (Å²) in [6.45, 7) is 0.859. The van der Waals surface area contributed by atoms with Gasteiger partial charge >= 0.3 is 6.09 Å².